The SMILES string of the molecule is Nc1ccc(CC(=O)N(CCO)CCO)c(N)c1. The van der Waals surface area contributed by atoms with Gasteiger partial charge in [-0.15, -0.1) is 0 Å². The van der Waals surface area contributed by atoms with E-state index in [2.05, 4.69) is 0 Å². The van der Waals surface area contributed by atoms with Crippen LogP contribution in [-0.4, -0.2) is 47.3 Å². The Kier molecular flexibility index (Phi) is 5.41. The molecule has 0 atom stereocenters. The Bertz CT molecular complexity index is 404. The van der Waals surface area contributed by atoms with Crippen molar-refractivity contribution in [3.8, 4) is 0 Å². The first kappa shape index (κ1) is 14.3. The monoisotopic (exact) mass is 253 g/mol. The van der Waals surface area contributed by atoms with Gasteiger partial charge in [-0.05, 0) is 17.7 Å². The van der Waals surface area contributed by atoms with Crippen LogP contribution in [0.3, 0.4) is 0 Å². The van der Waals surface area contributed by atoms with Crippen LogP contribution in [0.1, 0.15) is 5.56 Å². The molecule has 0 aliphatic rings. The number of amides is 1. The van der Waals surface area contributed by atoms with Crippen molar-refractivity contribution in [1.82, 2.24) is 4.90 Å². The van der Waals surface area contributed by atoms with Crippen LogP contribution in [0.15, 0.2) is 18.2 Å². The number of benzene rings is 1. The van der Waals surface area contributed by atoms with Gasteiger partial charge >= 0.3 is 0 Å². The van der Waals surface area contributed by atoms with Crippen molar-refractivity contribution < 1.29 is 15.0 Å². The molecular formula is C12H19N3O3. The predicted molar refractivity (Wildman–Crippen MR) is 69.7 cm³/mol. The van der Waals surface area contributed by atoms with Crippen molar-refractivity contribution in [2.75, 3.05) is 37.8 Å². The van der Waals surface area contributed by atoms with Gasteiger partial charge < -0.3 is 26.6 Å². The second-order valence-electron chi connectivity index (χ2n) is 3.96. The molecule has 6 heteroatoms. The third kappa shape index (κ3) is 3.90. The first-order valence-electron chi connectivity index (χ1n) is 5.72. The number of anilines is 2. The first-order valence-corrected chi connectivity index (χ1v) is 5.72. The minimum atomic E-state index is -0.186. The highest BCUT2D eigenvalue weighted by molar-refractivity contribution is 5.80. The highest BCUT2D eigenvalue weighted by Crippen LogP contribution is 2.16. The normalized spacial score (nSPS) is 10.3. The summed E-state index contributed by atoms with van der Waals surface area (Å²) in [7, 11) is 0. The molecule has 0 spiro atoms. The van der Waals surface area contributed by atoms with Crippen LogP contribution < -0.4 is 11.5 Å². The van der Waals surface area contributed by atoms with Crippen molar-refractivity contribution in [3.05, 3.63) is 23.8 Å². The molecular weight excluding hydrogens is 234 g/mol. The van der Waals surface area contributed by atoms with E-state index < -0.39 is 0 Å². The number of nitrogens with two attached hydrogens (primary N) is 2. The zero-order valence-electron chi connectivity index (χ0n) is 10.2. The Hall–Kier alpha value is -1.79. The topological polar surface area (TPSA) is 113 Å². The first-order chi connectivity index (χ1) is 8.58. The smallest absolute Gasteiger partial charge is 0.227 e. The molecule has 1 amide bonds. The maximum absolute atomic E-state index is 11.9. The minimum Gasteiger partial charge on any atom is -0.399 e. The molecule has 0 heterocycles. The molecule has 0 aliphatic heterocycles. The van der Waals surface area contributed by atoms with E-state index in [4.69, 9.17) is 21.7 Å². The van der Waals surface area contributed by atoms with Gasteiger partial charge in [0.15, 0.2) is 0 Å². The summed E-state index contributed by atoms with van der Waals surface area (Å²) in [6.45, 7) is 0.133. The van der Waals surface area contributed by atoms with E-state index in [0.29, 0.717) is 16.9 Å². The molecule has 6 nitrogen and oxygen atoms in total. The highest BCUT2D eigenvalue weighted by Gasteiger charge is 2.14. The van der Waals surface area contributed by atoms with Gasteiger partial charge in [0.25, 0.3) is 0 Å². The Morgan fingerprint density at radius 3 is 2.28 bits per heavy atom. The van der Waals surface area contributed by atoms with E-state index in [1.807, 2.05) is 0 Å². The van der Waals surface area contributed by atoms with Gasteiger partial charge in [0, 0.05) is 24.5 Å². The fraction of sp³-hybridized carbons (Fsp3) is 0.417. The van der Waals surface area contributed by atoms with Gasteiger partial charge in [0.1, 0.15) is 0 Å². The number of hydrogen-bond acceptors (Lipinski definition) is 5. The molecule has 0 unspecified atom stereocenters. The zero-order valence-corrected chi connectivity index (χ0v) is 10.2. The Labute approximate surface area is 106 Å². The second kappa shape index (κ2) is 6.83. The standard InChI is InChI=1S/C12H19N3O3/c13-10-2-1-9(11(14)8-10)7-12(18)15(3-5-16)4-6-17/h1-2,8,16-17H,3-7,13-14H2. The molecule has 0 radical (unpaired) electrons. The van der Waals surface area contributed by atoms with E-state index in [0.717, 1.165) is 0 Å². The lowest BCUT2D eigenvalue weighted by Gasteiger charge is -2.21. The maximum Gasteiger partial charge on any atom is 0.227 e. The Balaban J connectivity index is 2.72. The van der Waals surface area contributed by atoms with E-state index >= 15 is 0 Å². The molecule has 0 fully saturated rings. The summed E-state index contributed by atoms with van der Waals surface area (Å²) in [6, 6.07) is 4.99. The van der Waals surface area contributed by atoms with Crippen LogP contribution in [0.5, 0.6) is 0 Å². The molecule has 0 saturated heterocycles. The van der Waals surface area contributed by atoms with E-state index in [-0.39, 0.29) is 38.6 Å². The van der Waals surface area contributed by atoms with Crippen LogP contribution in [-0.2, 0) is 11.2 Å². The number of hydrogen-bond donors (Lipinski definition) is 4. The molecule has 1 aromatic rings. The molecule has 0 aromatic heterocycles. The summed E-state index contributed by atoms with van der Waals surface area (Å²) in [5.74, 6) is -0.186. The average Bonchev–Trinajstić information content (AvgIpc) is 2.32. The molecule has 100 valence electrons. The lowest BCUT2D eigenvalue weighted by molar-refractivity contribution is -0.131. The van der Waals surface area contributed by atoms with E-state index in [9.17, 15) is 4.79 Å². The maximum atomic E-state index is 11.9. The van der Waals surface area contributed by atoms with Crippen molar-refractivity contribution in [3.63, 3.8) is 0 Å². The number of rotatable bonds is 6. The van der Waals surface area contributed by atoms with Crippen LogP contribution >= 0.6 is 0 Å². The fourth-order valence-electron chi connectivity index (χ4n) is 1.65. The second-order valence-corrected chi connectivity index (χ2v) is 3.96. The van der Waals surface area contributed by atoms with Crippen LogP contribution in [0.25, 0.3) is 0 Å². The number of carbonyl (C=O) groups is 1. The summed E-state index contributed by atoms with van der Waals surface area (Å²) in [4.78, 5) is 13.3. The molecule has 0 bridgehead atoms. The highest BCUT2D eigenvalue weighted by atomic mass is 16.3. The number of carbonyl (C=O) groups excluding carboxylic acids is 1. The third-order valence-electron chi connectivity index (χ3n) is 2.60. The molecule has 1 aromatic carbocycles. The lowest BCUT2D eigenvalue weighted by Crippen LogP contribution is -2.37. The quantitative estimate of drug-likeness (QED) is 0.496. The predicted octanol–water partition coefficient (Wildman–Crippen LogP) is -0.793. The van der Waals surface area contributed by atoms with Crippen molar-refractivity contribution >= 4 is 17.3 Å². The van der Waals surface area contributed by atoms with Gasteiger partial charge in [-0.1, -0.05) is 6.07 Å². The summed E-state index contributed by atoms with van der Waals surface area (Å²) in [5, 5.41) is 17.7. The molecule has 0 aliphatic carbocycles. The van der Waals surface area contributed by atoms with Crippen molar-refractivity contribution in [2.24, 2.45) is 0 Å². The van der Waals surface area contributed by atoms with Crippen molar-refractivity contribution in [2.45, 2.75) is 6.42 Å². The van der Waals surface area contributed by atoms with Gasteiger partial charge in [-0.25, -0.2) is 0 Å². The van der Waals surface area contributed by atoms with Gasteiger partial charge in [0.2, 0.25) is 5.91 Å². The largest absolute Gasteiger partial charge is 0.399 e. The minimum absolute atomic E-state index is 0.131. The third-order valence-corrected chi connectivity index (χ3v) is 2.60. The number of nitrogen functional groups attached to an aromatic ring is 2. The van der Waals surface area contributed by atoms with Crippen molar-refractivity contribution in [1.29, 1.82) is 0 Å². The Morgan fingerprint density at radius 1 is 1.17 bits per heavy atom. The summed E-state index contributed by atoms with van der Waals surface area (Å²) < 4.78 is 0. The zero-order chi connectivity index (χ0) is 13.5. The van der Waals surface area contributed by atoms with E-state index in [1.54, 1.807) is 18.2 Å². The molecule has 6 N–H and O–H groups in total. The average molecular weight is 253 g/mol. The molecule has 1 rings (SSSR count). The van der Waals surface area contributed by atoms with Gasteiger partial charge in [0.05, 0.1) is 19.6 Å². The summed E-state index contributed by atoms with van der Waals surface area (Å²) in [5.41, 5.74) is 13.0. The van der Waals surface area contributed by atoms with Crippen LogP contribution in [0, 0.1) is 0 Å². The Morgan fingerprint density at radius 2 is 1.78 bits per heavy atom. The lowest BCUT2D eigenvalue weighted by atomic mass is 10.1. The molecule has 0 saturated carbocycles. The number of aliphatic hydroxyl groups excluding tert-OH is 2. The van der Waals surface area contributed by atoms with Gasteiger partial charge in [-0.2, -0.15) is 0 Å². The molecule has 18 heavy (non-hydrogen) atoms. The summed E-state index contributed by atoms with van der Waals surface area (Å²) >= 11 is 0. The number of nitrogens with zero attached hydrogens (tertiary/aromatic N) is 1. The summed E-state index contributed by atoms with van der Waals surface area (Å²) in [6.07, 6.45) is 0.131. The van der Waals surface area contributed by atoms with Crippen LogP contribution in [0.4, 0.5) is 11.4 Å². The fourth-order valence-corrected chi connectivity index (χ4v) is 1.65. The van der Waals surface area contributed by atoms with Gasteiger partial charge in [-0.3, -0.25) is 4.79 Å². The van der Waals surface area contributed by atoms with E-state index in [1.165, 1.54) is 4.90 Å². The number of aliphatic hydroxyl groups is 2. The van der Waals surface area contributed by atoms with Crippen LogP contribution in [0.2, 0.25) is 0 Å².